The summed E-state index contributed by atoms with van der Waals surface area (Å²) in [6, 6.07) is 0. The van der Waals surface area contributed by atoms with Gasteiger partial charge in [0.15, 0.2) is 0 Å². The molecule has 0 aliphatic carbocycles. The summed E-state index contributed by atoms with van der Waals surface area (Å²) in [5.41, 5.74) is -0.268. The van der Waals surface area contributed by atoms with E-state index in [0.717, 1.165) is 0 Å². The molecule has 1 N–H and O–H groups in total. The lowest BCUT2D eigenvalue weighted by atomic mass is 10.0. The topological polar surface area (TPSA) is 49.8 Å². The Morgan fingerprint density at radius 1 is 1.64 bits per heavy atom. The summed E-state index contributed by atoms with van der Waals surface area (Å²) >= 11 is 0. The van der Waals surface area contributed by atoms with E-state index in [0.29, 0.717) is 19.6 Å². The highest BCUT2D eigenvalue weighted by Gasteiger charge is 2.38. The molecule has 0 aromatic heterocycles. The number of ether oxygens (including phenoxy) is 1. The first-order valence-electron chi connectivity index (χ1n) is 4.91. The number of rotatable bonds is 4. The summed E-state index contributed by atoms with van der Waals surface area (Å²) in [5.74, 6) is 0.213. The monoisotopic (exact) mass is 201 g/mol. The molecule has 4 nitrogen and oxygen atoms in total. The highest BCUT2D eigenvalue weighted by atomic mass is 16.5. The maximum absolute atomic E-state index is 11.6. The molecule has 82 valence electrons. The van der Waals surface area contributed by atoms with E-state index in [1.165, 1.54) is 0 Å². The van der Waals surface area contributed by atoms with Crippen molar-refractivity contribution in [1.82, 2.24) is 4.90 Å². The van der Waals surface area contributed by atoms with Crippen molar-refractivity contribution < 1.29 is 14.6 Å². The molecule has 1 amide bonds. The van der Waals surface area contributed by atoms with Crippen molar-refractivity contribution in [3.8, 4) is 0 Å². The van der Waals surface area contributed by atoms with Crippen LogP contribution in [0.15, 0.2) is 0 Å². The fourth-order valence-electron chi connectivity index (χ4n) is 1.92. The Kier molecular flexibility index (Phi) is 3.50. The summed E-state index contributed by atoms with van der Waals surface area (Å²) in [4.78, 5) is 13.4. The molecule has 0 aromatic carbocycles. The maximum Gasteiger partial charge on any atom is 0.223 e. The van der Waals surface area contributed by atoms with Crippen LogP contribution in [0.2, 0.25) is 0 Å². The highest BCUT2D eigenvalue weighted by Crippen LogP contribution is 2.25. The van der Waals surface area contributed by atoms with Gasteiger partial charge in [0.05, 0.1) is 12.1 Å². The number of aliphatic hydroxyl groups is 1. The van der Waals surface area contributed by atoms with Gasteiger partial charge in [0.25, 0.3) is 0 Å². The molecule has 1 atom stereocenters. The lowest BCUT2D eigenvalue weighted by Gasteiger charge is -2.35. The van der Waals surface area contributed by atoms with E-state index in [9.17, 15) is 4.79 Å². The third-order valence-electron chi connectivity index (χ3n) is 2.69. The molecule has 0 bridgehead atoms. The number of nitrogens with zero attached hydrogens (tertiary/aromatic N) is 1. The van der Waals surface area contributed by atoms with Crippen LogP contribution in [0.4, 0.5) is 0 Å². The zero-order valence-corrected chi connectivity index (χ0v) is 9.12. The summed E-state index contributed by atoms with van der Waals surface area (Å²) in [6.45, 7) is 5.22. The van der Waals surface area contributed by atoms with Crippen molar-refractivity contribution in [2.45, 2.75) is 25.8 Å². The first kappa shape index (κ1) is 11.5. The van der Waals surface area contributed by atoms with Crippen molar-refractivity contribution in [3.05, 3.63) is 0 Å². The Hall–Kier alpha value is -0.610. The number of carbonyl (C=O) groups is 1. The second kappa shape index (κ2) is 4.28. The second-order valence-corrected chi connectivity index (χ2v) is 4.50. The van der Waals surface area contributed by atoms with Crippen molar-refractivity contribution in [3.63, 3.8) is 0 Å². The van der Waals surface area contributed by atoms with Crippen LogP contribution in [0.1, 0.15) is 20.3 Å². The van der Waals surface area contributed by atoms with Gasteiger partial charge in [0.2, 0.25) is 5.91 Å². The van der Waals surface area contributed by atoms with Gasteiger partial charge in [-0.1, -0.05) is 0 Å². The Morgan fingerprint density at radius 2 is 2.29 bits per heavy atom. The van der Waals surface area contributed by atoms with Crippen molar-refractivity contribution in [2.24, 2.45) is 5.92 Å². The van der Waals surface area contributed by atoms with E-state index in [-0.39, 0.29) is 24.0 Å². The molecular weight excluding hydrogens is 182 g/mol. The van der Waals surface area contributed by atoms with Gasteiger partial charge in [-0.05, 0) is 13.8 Å². The number of carbonyl (C=O) groups excluding carboxylic acids is 1. The SMILES string of the molecule is COCC(C)(C)N1CC(CO)CC1=O. The Balaban J connectivity index is 2.64. The normalized spacial score (nSPS) is 23.3. The standard InChI is InChI=1S/C10H19NO3/c1-10(2,7-14-3)11-5-8(6-12)4-9(11)13/h8,12H,4-7H2,1-3H3. The summed E-state index contributed by atoms with van der Waals surface area (Å²) in [5, 5.41) is 8.99. The third-order valence-corrected chi connectivity index (χ3v) is 2.69. The lowest BCUT2D eigenvalue weighted by molar-refractivity contribution is -0.133. The molecule has 1 aliphatic rings. The van der Waals surface area contributed by atoms with Gasteiger partial charge < -0.3 is 14.7 Å². The van der Waals surface area contributed by atoms with Crippen LogP contribution in [0.25, 0.3) is 0 Å². The summed E-state index contributed by atoms with van der Waals surface area (Å²) < 4.78 is 5.08. The van der Waals surface area contributed by atoms with Crippen molar-refractivity contribution in [1.29, 1.82) is 0 Å². The molecule has 14 heavy (non-hydrogen) atoms. The number of methoxy groups -OCH3 is 1. The average molecular weight is 201 g/mol. The van der Waals surface area contributed by atoms with E-state index >= 15 is 0 Å². The molecule has 1 aliphatic heterocycles. The summed E-state index contributed by atoms with van der Waals surface area (Å²) in [7, 11) is 1.63. The lowest BCUT2D eigenvalue weighted by Crippen LogP contribution is -2.48. The predicted octanol–water partition coefficient (Wildman–Crippen LogP) is 0.252. The quantitative estimate of drug-likeness (QED) is 0.709. The van der Waals surface area contributed by atoms with E-state index in [4.69, 9.17) is 9.84 Å². The van der Waals surface area contributed by atoms with Crippen LogP contribution in [0.3, 0.4) is 0 Å². The van der Waals surface area contributed by atoms with E-state index in [2.05, 4.69) is 0 Å². The Labute approximate surface area is 84.8 Å². The third kappa shape index (κ3) is 2.25. The van der Waals surface area contributed by atoms with Crippen LogP contribution in [-0.4, -0.2) is 48.3 Å². The molecule has 1 rings (SSSR count). The average Bonchev–Trinajstić information content (AvgIpc) is 2.47. The molecule has 0 saturated carbocycles. The fourth-order valence-corrected chi connectivity index (χ4v) is 1.92. The first-order valence-corrected chi connectivity index (χ1v) is 4.91. The van der Waals surface area contributed by atoms with Crippen LogP contribution < -0.4 is 0 Å². The number of hydrogen-bond donors (Lipinski definition) is 1. The number of aliphatic hydroxyl groups excluding tert-OH is 1. The minimum absolute atomic E-state index is 0.0886. The van der Waals surface area contributed by atoms with Crippen LogP contribution in [-0.2, 0) is 9.53 Å². The number of amides is 1. The molecule has 0 radical (unpaired) electrons. The smallest absolute Gasteiger partial charge is 0.223 e. The molecule has 4 heteroatoms. The van der Waals surface area contributed by atoms with Crippen LogP contribution in [0.5, 0.6) is 0 Å². The molecule has 0 spiro atoms. The van der Waals surface area contributed by atoms with Gasteiger partial charge >= 0.3 is 0 Å². The zero-order chi connectivity index (χ0) is 10.8. The molecule has 1 unspecified atom stereocenters. The van der Waals surface area contributed by atoms with Crippen molar-refractivity contribution in [2.75, 3.05) is 26.9 Å². The summed E-state index contributed by atoms with van der Waals surface area (Å²) in [6.07, 6.45) is 0.462. The Bertz CT molecular complexity index is 215. The van der Waals surface area contributed by atoms with Crippen LogP contribution >= 0.6 is 0 Å². The fraction of sp³-hybridized carbons (Fsp3) is 0.900. The van der Waals surface area contributed by atoms with Gasteiger partial charge in [-0.3, -0.25) is 4.79 Å². The molecule has 1 heterocycles. The molecule has 1 fully saturated rings. The highest BCUT2D eigenvalue weighted by molar-refractivity contribution is 5.79. The molecule has 1 saturated heterocycles. The first-order chi connectivity index (χ1) is 6.51. The van der Waals surface area contributed by atoms with Gasteiger partial charge in [-0.25, -0.2) is 0 Å². The minimum Gasteiger partial charge on any atom is -0.396 e. The van der Waals surface area contributed by atoms with Gasteiger partial charge in [-0.2, -0.15) is 0 Å². The van der Waals surface area contributed by atoms with E-state index < -0.39 is 0 Å². The minimum atomic E-state index is -0.268. The van der Waals surface area contributed by atoms with E-state index in [1.54, 1.807) is 12.0 Å². The largest absolute Gasteiger partial charge is 0.396 e. The van der Waals surface area contributed by atoms with Gasteiger partial charge in [0.1, 0.15) is 0 Å². The zero-order valence-electron chi connectivity index (χ0n) is 9.12. The Morgan fingerprint density at radius 3 is 2.71 bits per heavy atom. The maximum atomic E-state index is 11.6. The predicted molar refractivity (Wildman–Crippen MR) is 52.9 cm³/mol. The second-order valence-electron chi connectivity index (χ2n) is 4.50. The van der Waals surface area contributed by atoms with Gasteiger partial charge in [0, 0.05) is 32.6 Å². The number of likely N-dealkylation sites (tertiary alicyclic amines) is 1. The molecular formula is C10H19NO3. The van der Waals surface area contributed by atoms with E-state index in [1.807, 2.05) is 13.8 Å². The van der Waals surface area contributed by atoms with Crippen LogP contribution in [0, 0.1) is 5.92 Å². The van der Waals surface area contributed by atoms with Gasteiger partial charge in [-0.15, -0.1) is 0 Å². The number of hydrogen-bond acceptors (Lipinski definition) is 3. The molecule has 0 aromatic rings. The van der Waals surface area contributed by atoms with Crippen molar-refractivity contribution >= 4 is 5.91 Å².